The maximum Gasteiger partial charge on any atom is -0.0103 e. The summed E-state index contributed by atoms with van der Waals surface area (Å²) in [5.74, 6) is 0. The van der Waals surface area contributed by atoms with Crippen LogP contribution < -0.4 is 0 Å². The van der Waals surface area contributed by atoms with Gasteiger partial charge in [0, 0.05) is 0 Å². The normalized spacial score (nSPS) is 15.8. The van der Waals surface area contributed by atoms with Gasteiger partial charge in [0.1, 0.15) is 0 Å². The third-order valence-electron chi connectivity index (χ3n) is 4.41. The fourth-order valence-corrected chi connectivity index (χ4v) is 3.41. The molecule has 0 unspecified atom stereocenters. The van der Waals surface area contributed by atoms with Crippen LogP contribution in [0.5, 0.6) is 0 Å². The summed E-state index contributed by atoms with van der Waals surface area (Å²) in [5, 5.41) is 0. The summed E-state index contributed by atoms with van der Waals surface area (Å²) in [5.41, 5.74) is 8.60. The summed E-state index contributed by atoms with van der Waals surface area (Å²) in [7, 11) is 0. The van der Waals surface area contributed by atoms with Gasteiger partial charge in [0.25, 0.3) is 0 Å². The van der Waals surface area contributed by atoms with Crippen molar-refractivity contribution in [3.63, 3.8) is 0 Å². The molecular formula is C20H18. The maximum atomic E-state index is 2.31. The van der Waals surface area contributed by atoms with Crippen LogP contribution in [0.25, 0.3) is 23.3 Å². The minimum absolute atomic E-state index is 1.17. The third kappa shape index (κ3) is 1.84. The molecule has 2 aromatic carbocycles. The number of rotatable bonds is 1. The van der Waals surface area contributed by atoms with E-state index in [4.69, 9.17) is 0 Å². The lowest BCUT2D eigenvalue weighted by atomic mass is 9.85. The Hall–Kier alpha value is -2.08. The van der Waals surface area contributed by atoms with Crippen LogP contribution in [0.3, 0.4) is 0 Å². The highest BCUT2D eigenvalue weighted by molar-refractivity contribution is 5.84. The lowest BCUT2D eigenvalue weighted by Gasteiger charge is -2.19. The van der Waals surface area contributed by atoms with E-state index in [1.54, 1.807) is 0 Å². The van der Waals surface area contributed by atoms with Crippen molar-refractivity contribution in [1.29, 1.82) is 0 Å². The standard InChI is InChI=1S/C20H18/c1-3-11-17-15(7-1)9-5-13-19(17)20-14-6-10-16-8-2-4-12-18(16)20/h3-6,9-14H,1-2,7-8H2. The number of benzene rings is 2. The van der Waals surface area contributed by atoms with Crippen LogP contribution in [-0.4, -0.2) is 0 Å². The molecular weight excluding hydrogens is 240 g/mol. The summed E-state index contributed by atoms with van der Waals surface area (Å²) in [6.45, 7) is 0. The van der Waals surface area contributed by atoms with E-state index in [-0.39, 0.29) is 0 Å². The van der Waals surface area contributed by atoms with Crippen LogP contribution >= 0.6 is 0 Å². The van der Waals surface area contributed by atoms with Crippen LogP contribution in [0.15, 0.2) is 48.6 Å². The Kier molecular flexibility index (Phi) is 2.81. The van der Waals surface area contributed by atoms with Crippen molar-refractivity contribution in [1.82, 2.24) is 0 Å². The van der Waals surface area contributed by atoms with Gasteiger partial charge in [0.2, 0.25) is 0 Å². The number of aryl methyl sites for hydroxylation is 2. The SMILES string of the molecule is C1=Cc2c(cccc2-c2cccc3c2C=CCC3)CC1. The predicted octanol–water partition coefficient (Wildman–Crippen LogP) is 5.27. The second-order valence-electron chi connectivity index (χ2n) is 5.64. The van der Waals surface area contributed by atoms with Gasteiger partial charge in [-0.1, -0.05) is 60.7 Å². The van der Waals surface area contributed by atoms with Crippen molar-refractivity contribution < 1.29 is 0 Å². The molecule has 0 nitrogen and oxygen atoms in total. The zero-order chi connectivity index (χ0) is 13.4. The summed E-state index contributed by atoms with van der Waals surface area (Å²) >= 11 is 0. The first-order valence-electron chi connectivity index (χ1n) is 7.51. The summed E-state index contributed by atoms with van der Waals surface area (Å²) in [6.07, 6.45) is 13.9. The van der Waals surface area contributed by atoms with Gasteiger partial charge in [-0.25, -0.2) is 0 Å². The van der Waals surface area contributed by atoms with Gasteiger partial charge in [0.05, 0.1) is 0 Å². The van der Waals surface area contributed by atoms with Gasteiger partial charge in [-0.3, -0.25) is 0 Å². The van der Waals surface area contributed by atoms with E-state index in [2.05, 4.69) is 60.7 Å². The van der Waals surface area contributed by atoms with E-state index in [0.717, 1.165) is 0 Å². The van der Waals surface area contributed by atoms with E-state index in [1.165, 1.54) is 59.1 Å². The highest BCUT2D eigenvalue weighted by Gasteiger charge is 2.15. The molecule has 0 N–H and O–H groups in total. The summed E-state index contributed by atoms with van der Waals surface area (Å²) in [4.78, 5) is 0. The van der Waals surface area contributed by atoms with E-state index in [9.17, 15) is 0 Å². The molecule has 0 amide bonds. The van der Waals surface area contributed by atoms with Crippen molar-refractivity contribution in [2.75, 3.05) is 0 Å². The number of hydrogen-bond acceptors (Lipinski definition) is 0. The monoisotopic (exact) mass is 258 g/mol. The third-order valence-corrected chi connectivity index (χ3v) is 4.41. The molecule has 20 heavy (non-hydrogen) atoms. The summed E-state index contributed by atoms with van der Waals surface area (Å²) in [6, 6.07) is 13.5. The number of fused-ring (bicyclic) bond motifs is 2. The average molecular weight is 258 g/mol. The largest absolute Gasteiger partial charge is 0.0836 e. The van der Waals surface area contributed by atoms with Crippen molar-refractivity contribution in [2.45, 2.75) is 25.7 Å². The zero-order valence-corrected chi connectivity index (χ0v) is 11.6. The van der Waals surface area contributed by atoms with Crippen LogP contribution in [-0.2, 0) is 12.8 Å². The molecule has 0 saturated carbocycles. The van der Waals surface area contributed by atoms with Gasteiger partial charge in [-0.15, -0.1) is 0 Å². The Morgan fingerprint density at radius 3 is 1.60 bits per heavy atom. The fraction of sp³-hybridized carbons (Fsp3) is 0.200. The first-order valence-corrected chi connectivity index (χ1v) is 7.51. The molecule has 0 spiro atoms. The van der Waals surface area contributed by atoms with Crippen LogP contribution in [0.2, 0.25) is 0 Å². The molecule has 0 bridgehead atoms. The van der Waals surface area contributed by atoms with Gasteiger partial charge in [-0.05, 0) is 59.1 Å². The number of hydrogen-bond donors (Lipinski definition) is 0. The quantitative estimate of drug-likeness (QED) is 0.653. The minimum Gasteiger partial charge on any atom is -0.0836 e. The van der Waals surface area contributed by atoms with Crippen molar-refractivity contribution >= 4 is 12.2 Å². The van der Waals surface area contributed by atoms with Gasteiger partial charge in [-0.2, -0.15) is 0 Å². The van der Waals surface area contributed by atoms with Crippen LogP contribution in [0, 0.1) is 0 Å². The summed E-state index contributed by atoms with van der Waals surface area (Å²) < 4.78 is 0. The Morgan fingerprint density at radius 1 is 0.600 bits per heavy atom. The van der Waals surface area contributed by atoms with Gasteiger partial charge in [0.15, 0.2) is 0 Å². The molecule has 0 atom stereocenters. The predicted molar refractivity (Wildman–Crippen MR) is 86.6 cm³/mol. The van der Waals surface area contributed by atoms with Crippen molar-refractivity contribution in [2.24, 2.45) is 0 Å². The molecule has 0 saturated heterocycles. The van der Waals surface area contributed by atoms with E-state index >= 15 is 0 Å². The van der Waals surface area contributed by atoms with Crippen LogP contribution in [0.1, 0.15) is 35.1 Å². The Balaban J connectivity index is 1.96. The highest BCUT2D eigenvalue weighted by Crippen LogP contribution is 2.35. The van der Waals surface area contributed by atoms with E-state index in [1.807, 2.05) is 0 Å². The lowest BCUT2D eigenvalue weighted by molar-refractivity contribution is 0.982. The number of allylic oxidation sites excluding steroid dienone is 2. The zero-order valence-electron chi connectivity index (χ0n) is 11.6. The topological polar surface area (TPSA) is 0 Å². The molecule has 2 aliphatic rings. The molecule has 2 aliphatic carbocycles. The molecule has 0 fully saturated rings. The molecule has 4 rings (SSSR count). The molecule has 0 heterocycles. The highest BCUT2D eigenvalue weighted by atomic mass is 14.2. The molecule has 0 heteroatoms. The van der Waals surface area contributed by atoms with Gasteiger partial charge >= 0.3 is 0 Å². The molecule has 0 aliphatic heterocycles. The molecule has 98 valence electrons. The minimum atomic E-state index is 1.17. The average Bonchev–Trinajstić information content (AvgIpc) is 2.54. The maximum absolute atomic E-state index is 2.31. The fourth-order valence-electron chi connectivity index (χ4n) is 3.41. The Morgan fingerprint density at radius 2 is 1.10 bits per heavy atom. The lowest BCUT2D eigenvalue weighted by Crippen LogP contribution is -2.00. The first kappa shape index (κ1) is 11.7. The second kappa shape index (κ2) is 4.79. The Labute approximate surface area is 120 Å². The second-order valence-corrected chi connectivity index (χ2v) is 5.64. The van der Waals surface area contributed by atoms with Crippen molar-refractivity contribution in [3.05, 3.63) is 70.8 Å². The van der Waals surface area contributed by atoms with E-state index in [0.29, 0.717) is 0 Å². The molecule has 0 aromatic heterocycles. The Bertz CT molecular complexity index is 653. The first-order chi connectivity index (χ1) is 9.93. The smallest absolute Gasteiger partial charge is 0.0103 e. The van der Waals surface area contributed by atoms with Gasteiger partial charge < -0.3 is 0 Å². The van der Waals surface area contributed by atoms with E-state index < -0.39 is 0 Å². The van der Waals surface area contributed by atoms with Crippen molar-refractivity contribution in [3.8, 4) is 11.1 Å². The van der Waals surface area contributed by atoms with Crippen LogP contribution in [0.4, 0.5) is 0 Å². The molecule has 0 radical (unpaired) electrons. The molecule has 2 aromatic rings.